The van der Waals surface area contributed by atoms with Crippen LogP contribution in [0.1, 0.15) is 11.1 Å². The minimum absolute atomic E-state index is 0.298. The van der Waals surface area contributed by atoms with Gasteiger partial charge in [-0.2, -0.15) is 13.2 Å². The first-order valence-electron chi connectivity index (χ1n) is 5.01. The molecule has 1 amide bonds. The maximum atomic E-state index is 11.9. The number of carbonyl (C=O) groups excluding carboxylic acids is 1. The Labute approximate surface area is 107 Å². The van der Waals surface area contributed by atoms with Gasteiger partial charge in [-0.25, -0.2) is 13.6 Å². The van der Waals surface area contributed by atoms with Crippen LogP contribution >= 0.6 is 0 Å². The number of carbonyl (C=O) groups is 1. The second-order valence-corrected chi connectivity index (χ2v) is 5.42. The molecule has 0 aliphatic heterocycles. The van der Waals surface area contributed by atoms with Gasteiger partial charge in [-0.1, -0.05) is 24.3 Å². The molecule has 5 nitrogen and oxygen atoms in total. The molecule has 0 saturated carbocycles. The molecule has 1 rings (SSSR count). The Bertz CT molecular complexity index is 552. The number of hydrogen-bond donors (Lipinski definition) is 2. The number of nitrogens with two attached hydrogens (primary N) is 1. The van der Waals surface area contributed by atoms with Crippen molar-refractivity contribution in [1.29, 1.82) is 0 Å². The highest BCUT2D eigenvalue weighted by atomic mass is 32.2. The van der Waals surface area contributed by atoms with Gasteiger partial charge >= 0.3 is 12.1 Å². The Hall–Kier alpha value is -1.61. The molecule has 1 aromatic rings. The molecule has 106 valence electrons. The first-order valence-corrected chi connectivity index (χ1v) is 6.73. The van der Waals surface area contributed by atoms with Crippen LogP contribution in [0.2, 0.25) is 0 Å². The number of alkyl halides is 3. The molecule has 9 heteroatoms. The molecule has 0 fully saturated rings. The molecule has 0 saturated heterocycles. The first-order chi connectivity index (χ1) is 8.58. The summed E-state index contributed by atoms with van der Waals surface area (Å²) < 4.78 is 57.3. The lowest BCUT2D eigenvalue weighted by Crippen LogP contribution is -2.36. The number of halogens is 3. The van der Waals surface area contributed by atoms with Gasteiger partial charge in [0.25, 0.3) is 0 Å². The van der Waals surface area contributed by atoms with Crippen molar-refractivity contribution in [2.24, 2.45) is 5.14 Å². The monoisotopic (exact) mass is 296 g/mol. The summed E-state index contributed by atoms with van der Waals surface area (Å²) in [6.07, 6.45) is -4.92. The quantitative estimate of drug-likeness (QED) is 0.855. The average molecular weight is 296 g/mol. The van der Waals surface area contributed by atoms with Crippen LogP contribution in [0, 0.1) is 0 Å². The van der Waals surface area contributed by atoms with E-state index < -0.39 is 22.1 Å². The molecule has 0 atom stereocenters. The van der Waals surface area contributed by atoms with E-state index in [1.54, 1.807) is 5.32 Å². The zero-order chi connectivity index (χ0) is 14.7. The molecule has 1 aromatic carbocycles. The molecule has 0 aliphatic rings. The number of rotatable bonds is 4. The lowest BCUT2D eigenvalue weighted by molar-refractivity contribution is -0.173. The largest absolute Gasteiger partial charge is 0.471 e. The SMILES string of the molecule is NS(=O)(=O)Cc1ccc(CNC(=O)C(F)(F)F)cc1. The molecular weight excluding hydrogens is 285 g/mol. The van der Waals surface area contributed by atoms with Crippen LogP contribution in [0.4, 0.5) is 13.2 Å². The van der Waals surface area contributed by atoms with Crippen molar-refractivity contribution < 1.29 is 26.4 Å². The Morgan fingerprint density at radius 3 is 2.05 bits per heavy atom. The van der Waals surface area contributed by atoms with Crippen molar-refractivity contribution in [1.82, 2.24) is 5.32 Å². The fourth-order valence-corrected chi connectivity index (χ4v) is 1.93. The second-order valence-electron chi connectivity index (χ2n) is 3.80. The fourth-order valence-electron chi connectivity index (χ4n) is 1.27. The zero-order valence-electron chi connectivity index (χ0n) is 9.57. The van der Waals surface area contributed by atoms with E-state index in [1.807, 2.05) is 0 Å². The molecule has 0 unspecified atom stereocenters. The van der Waals surface area contributed by atoms with E-state index in [-0.39, 0.29) is 12.3 Å². The summed E-state index contributed by atoms with van der Waals surface area (Å²) in [5, 5.41) is 6.54. The predicted molar refractivity (Wildman–Crippen MR) is 61.2 cm³/mol. The molecular formula is C10H11F3N2O3S. The third kappa shape index (κ3) is 5.71. The number of sulfonamides is 1. The summed E-state index contributed by atoms with van der Waals surface area (Å²) in [5.74, 6) is -2.39. The topological polar surface area (TPSA) is 89.3 Å². The van der Waals surface area contributed by atoms with Crippen molar-refractivity contribution in [3.63, 3.8) is 0 Å². The third-order valence-electron chi connectivity index (χ3n) is 2.10. The van der Waals surface area contributed by atoms with Gasteiger partial charge < -0.3 is 5.32 Å². The summed E-state index contributed by atoms with van der Waals surface area (Å²) in [6.45, 7) is -0.298. The van der Waals surface area contributed by atoms with Crippen LogP contribution in [0.25, 0.3) is 0 Å². The van der Waals surface area contributed by atoms with Gasteiger partial charge in [-0.15, -0.1) is 0 Å². The van der Waals surface area contributed by atoms with Crippen molar-refractivity contribution >= 4 is 15.9 Å². The molecule has 0 bridgehead atoms. The zero-order valence-corrected chi connectivity index (χ0v) is 10.4. The molecule has 3 N–H and O–H groups in total. The Balaban J connectivity index is 2.61. The average Bonchev–Trinajstić information content (AvgIpc) is 2.24. The Kier molecular flexibility index (Phi) is 4.53. The normalized spacial score (nSPS) is 12.2. The molecule has 0 aromatic heterocycles. The van der Waals surface area contributed by atoms with Crippen LogP contribution in [0.5, 0.6) is 0 Å². The summed E-state index contributed by atoms with van der Waals surface area (Å²) in [7, 11) is -3.65. The minimum Gasteiger partial charge on any atom is -0.344 e. The van der Waals surface area contributed by atoms with E-state index in [0.717, 1.165) is 0 Å². The van der Waals surface area contributed by atoms with Crippen LogP contribution in [-0.2, 0) is 27.1 Å². The summed E-state index contributed by atoms with van der Waals surface area (Å²) in [5.41, 5.74) is 0.823. The second kappa shape index (κ2) is 5.57. The highest BCUT2D eigenvalue weighted by molar-refractivity contribution is 7.88. The summed E-state index contributed by atoms with van der Waals surface area (Å²) in [4.78, 5) is 10.6. The van der Waals surface area contributed by atoms with Crippen molar-refractivity contribution in [3.05, 3.63) is 35.4 Å². The van der Waals surface area contributed by atoms with Gasteiger partial charge in [0, 0.05) is 6.54 Å². The van der Waals surface area contributed by atoms with E-state index >= 15 is 0 Å². The number of primary sulfonamides is 1. The molecule has 19 heavy (non-hydrogen) atoms. The van der Waals surface area contributed by atoms with Gasteiger partial charge in [0.15, 0.2) is 0 Å². The highest BCUT2D eigenvalue weighted by Crippen LogP contribution is 2.14. The lowest BCUT2D eigenvalue weighted by Gasteiger charge is -2.08. The fraction of sp³-hybridized carbons (Fsp3) is 0.300. The van der Waals surface area contributed by atoms with Gasteiger partial charge in [-0.3, -0.25) is 4.79 Å². The summed E-state index contributed by atoms with van der Waals surface area (Å²) >= 11 is 0. The highest BCUT2D eigenvalue weighted by Gasteiger charge is 2.38. The minimum atomic E-state index is -4.92. The number of hydrogen-bond acceptors (Lipinski definition) is 3. The Morgan fingerprint density at radius 2 is 1.63 bits per heavy atom. The smallest absolute Gasteiger partial charge is 0.344 e. The number of benzene rings is 1. The standard InChI is InChI=1S/C10H11F3N2O3S/c11-10(12,13)9(16)15-5-7-1-3-8(4-2-7)6-19(14,17)18/h1-4H,5-6H2,(H,15,16)(H2,14,17,18). The van der Waals surface area contributed by atoms with Crippen molar-refractivity contribution in [3.8, 4) is 0 Å². The van der Waals surface area contributed by atoms with Crippen molar-refractivity contribution in [2.45, 2.75) is 18.5 Å². The van der Waals surface area contributed by atoms with Gasteiger partial charge in [0.05, 0.1) is 5.75 Å². The number of nitrogens with one attached hydrogen (secondary N) is 1. The third-order valence-corrected chi connectivity index (χ3v) is 2.84. The molecule has 0 heterocycles. The summed E-state index contributed by atoms with van der Waals surface area (Å²) in [6, 6.07) is 5.66. The van der Waals surface area contributed by atoms with E-state index in [1.165, 1.54) is 24.3 Å². The van der Waals surface area contributed by atoms with Crippen LogP contribution in [0.15, 0.2) is 24.3 Å². The van der Waals surface area contributed by atoms with Crippen LogP contribution in [-0.4, -0.2) is 20.5 Å². The Morgan fingerprint density at radius 1 is 1.16 bits per heavy atom. The molecule has 0 radical (unpaired) electrons. The van der Waals surface area contributed by atoms with E-state index in [9.17, 15) is 26.4 Å². The predicted octanol–water partition coefficient (Wildman–Crippen LogP) is 0.654. The maximum absolute atomic E-state index is 11.9. The first kappa shape index (κ1) is 15.4. The van der Waals surface area contributed by atoms with E-state index in [4.69, 9.17) is 5.14 Å². The maximum Gasteiger partial charge on any atom is 0.471 e. The van der Waals surface area contributed by atoms with Crippen LogP contribution < -0.4 is 10.5 Å². The van der Waals surface area contributed by atoms with Gasteiger partial charge in [0.2, 0.25) is 10.0 Å². The van der Waals surface area contributed by atoms with Gasteiger partial charge in [0.1, 0.15) is 0 Å². The van der Waals surface area contributed by atoms with E-state index in [2.05, 4.69) is 0 Å². The van der Waals surface area contributed by atoms with Gasteiger partial charge in [-0.05, 0) is 11.1 Å². The lowest BCUT2D eigenvalue weighted by atomic mass is 10.1. The van der Waals surface area contributed by atoms with E-state index in [0.29, 0.717) is 11.1 Å². The van der Waals surface area contributed by atoms with Crippen LogP contribution in [0.3, 0.4) is 0 Å². The molecule has 0 spiro atoms. The molecule has 0 aliphatic carbocycles. The number of amides is 1. The van der Waals surface area contributed by atoms with Crippen molar-refractivity contribution in [2.75, 3.05) is 0 Å².